The second kappa shape index (κ2) is 6.28. The number of hydrogen-bond acceptors (Lipinski definition) is 4. The third-order valence-electron chi connectivity index (χ3n) is 4.37. The zero-order valence-electron chi connectivity index (χ0n) is 14.2. The Morgan fingerprint density at radius 2 is 2.22 bits per heavy atom. The van der Waals surface area contributed by atoms with Crippen molar-refractivity contribution in [2.75, 3.05) is 6.61 Å². The van der Waals surface area contributed by atoms with Crippen molar-refractivity contribution in [2.45, 2.75) is 58.7 Å². The number of pyridine rings is 1. The normalized spacial score (nSPS) is 19.4. The Bertz CT molecular complexity index is 717. The van der Waals surface area contributed by atoms with Crippen molar-refractivity contribution >= 4 is 16.9 Å². The molecule has 0 saturated carbocycles. The summed E-state index contributed by atoms with van der Waals surface area (Å²) in [5.74, 6) is -0.0998. The van der Waals surface area contributed by atoms with Crippen LogP contribution >= 0.6 is 0 Å². The number of aryl methyl sites for hydroxylation is 1. The first kappa shape index (κ1) is 15.9. The lowest BCUT2D eigenvalue weighted by Crippen LogP contribution is -2.41. The highest BCUT2D eigenvalue weighted by Crippen LogP contribution is 2.20. The molecule has 3 rings (SSSR count). The maximum atomic E-state index is 12.6. The molecule has 6 heteroatoms. The van der Waals surface area contributed by atoms with Gasteiger partial charge in [0.25, 0.3) is 5.91 Å². The number of aromatic nitrogens is 3. The molecule has 23 heavy (non-hydrogen) atoms. The van der Waals surface area contributed by atoms with E-state index in [9.17, 15) is 4.79 Å². The minimum atomic E-state index is -0.0998. The third-order valence-corrected chi connectivity index (χ3v) is 4.37. The van der Waals surface area contributed by atoms with Crippen molar-refractivity contribution < 1.29 is 9.53 Å². The molecular weight excluding hydrogens is 292 g/mol. The Labute approximate surface area is 136 Å². The first-order valence-corrected chi connectivity index (χ1v) is 8.24. The van der Waals surface area contributed by atoms with Crippen LogP contribution < -0.4 is 5.32 Å². The van der Waals surface area contributed by atoms with Gasteiger partial charge in [0.15, 0.2) is 5.65 Å². The molecule has 0 spiro atoms. The fourth-order valence-electron chi connectivity index (χ4n) is 3.05. The molecule has 124 valence electrons. The van der Waals surface area contributed by atoms with Gasteiger partial charge < -0.3 is 10.1 Å². The van der Waals surface area contributed by atoms with Crippen molar-refractivity contribution in [3.05, 3.63) is 23.5 Å². The summed E-state index contributed by atoms with van der Waals surface area (Å²) in [5, 5.41) is 8.29. The zero-order valence-corrected chi connectivity index (χ0v) is 14.2. The number of carbonyl (C=O) groups excluding carboxylic acids is 1. The number of carbonyl (C=O) groups is 1. The number of nitrogens with one attached hydrogen (secondary N) is 1. The van der Waals surface area contributed by atoms with Crippen LogP contribution in [-0.4, -0.2) is 39.4 Å². The predicted octanol–water partition coefficient (Wildman–Crippen LogP) is 2.62. The standard InChI is InChI=1S/C17H24N4O2/c1-10(2)21-16-13(9-18-21)8-14(11(3)19-16)17(22)20-12(4)15-6-5-7-23-15/h8-10,12,15H,5-7H2,1-4H3,(H,20,22)/t12-,15-/m0/s1. The van der Waals surface area contributed by atoms with E-state index in [4.69, 9.17) is 4.74 Å². The molecule has 1 aliphatic rings. The van der Waals surface area contributed by atoms with E-state index >= 15 is 0 Å². The van der Waals surface area contributed by atoms with E-state index in [2.05, 4.69) is 29.2 Å². The lowest BCUT2D eigenvalue weighted by molar-refractivity contribution is 0.0712. The molecule has 1 amide bonds. The van der Waals surface area contributed by atoms with Gasteiger partial charge >= 0.3 is 0 Å². The van der Waals surface area contributed by atoms with Gasteiger partial charge in [0, 0.05) is 18.0 Å². The number of rotatable bonds is 4. The van der Waals surface area contributed by atoms with Crippen LogP contribution in [0.25, 0.3) is 11.0 Å². The van der Waals surface area contributed by atoms with Crippen LogP contribution in [0.5, 0.6) is 0 Å². The topological polar surface area (TPSA) is 69.0 Å². The second-order valence-electron chi connectivity index (χ2n) is 6.53. The first-order valence-electron chi connectivity index (χ1n) is 8.24. The SMILES string of the molecule is Cc1nc2c(cnn2C(C)C)cc1C(=O)N[C@@H](C)[C@@H]1CCCO1. The summed E-state index contributed by atoms with van der Waals surface area (Å²) in [6.45, 7) is 8.77. The van der Waals surface area contributed by atoms with Crippen molar-refractivity contribution in [1.29, 1.82) is 0 Å². The van der Waals surface area contributed by atoms with Crippen LogP contribution in [0, 0.1) is 6.92 Å². The molecular formula is C17H24N4O2. The number of nitrogens with zero attached hydrogens (tertiary/aromatic N) is 3. The quantitative estimate of drug-likeness (QED) is 0.941. The third kappa shape index (κ3) is 3.08. The molecule has 0 aromatic carbocycles. The molecule has 1 N–H and O–H groups in total. The minimum Gasteiger partial charge on any atom is -0.376 e. The van der Waals surface area contributed by atoms with Gasteiger partial charge in [0.2, 0.25) is 0 Å². The van der Waals surface area contributed by atoms with Crippen LogP contribution in [0.1, 0.15) is 55.7 Å². The Morgan fingerprint density at radius 1 is 1.43 bits per heavy atom. The van der Waals surface area contributed by atoms with Crippen molar-refractivity contribution in [3.8, 4) is 0 Å². The summed E-state index contributed by atoms with van der Waals surface area (Å²) in [6, 6.07) is 2.11. The summed E-state index contributed by atoms with van der Waals surface area (Å²) < 4.78 is 7.51. The molecule has 0 bridgehead atoms. The van der Waals surface area contributed by atoms with Gasteiger partial charge in [0.1, 0.15) is 0 Å². The van der Waals surface area contributed by atoms with E-state index in [0.717, 1.165) is 36.2 Å². The number of hydrogen-bond donors (Lipinski definition) is 1. The lowest BCUT2D eigenvalue weighted by atomic mass is 10.1. The molecule has 1 fully saturated rings. The lowest BCUT2D eigenvalue weighted by Gasteiger charge is -2.20. The van der Waals surface area contributed by atoms with Gasteiger partial charge in [-0.2, -0.15) is 5.10 Å². The van der Waals surface area contributed by atoms with Crippen LogP contribution in [-0.2, 0) is 4.74 Å². The average Bonchev–Trinajstić information content (AvgIpc) is 3.15. The summed E-state index contributed by atoms with van der Waals surface area (Å²) >= 11 is 0. The molecule has 1 aliphatic heterocycles. The summed E-state index contributed by atoms with van der Waals surface area (Å²) in [5.41, 5.74) is 2.14. The van der Waals surface area contributed by atoms with Crippen molar-refractivity contribution in [3.63, 3.8) is 0 Å². The molecule has 2 aromatic heterocycles. The highest BCUT2D eigenvalue weighted by Gasteiger charge is 2.25. The Morgan fingerprint density at radius 3 is 2.87 bits per heavy atom. The summed E-state index contributed by atoms with van der Waals surface area (Å²) in [4.78, 5) is 17.2. The molecule has 3 heterocycles. The highest BCUT2D eigenvalue weighted by atomic mass is 16.5. The number of amides is 1. The van der Waals surface area contributed by atoms with Gasteiger partial charge in [0.05, 0.1) is 29.6 Å². The second-order valence-corrected chi connectivity index (χ2v) is 6.53. The van der Waals surface area contributed by atoms with Gasteiger partial charge in [-0.15, -0.1) is 0 Å². The van der Waals surface area contributed by atoms with Crippen molar-refractivity contribution in [2.24, 2.45) is 0 Å². The number of ether oxygens (including phenoxy) is 1. The summed E-state index contributed by atoms with van der Waals surface area (Å²) in [6.07, 6.45) is 3.94. The molecule has 0 radical (unpaired) electrons. The molecule has 2 atom stereocenters. The largest absolute Gasteiger partial charge is 0.376 e. The molecule has 1 saturated heterocycles. The van der Waals surface area contributed by atoms with Gasteiger partial charge in [-0.3, -0.25) is 4.79 Å². The van der Waals surface area contributed by atoms with E-state index in [1.165, 1.54) is 0 Å². The number of fused-ring (bicyclic) bond motifs is 1. The van der Waals surface area contributed by atoms with E-state index in [0.29, 0.717) is 5.56 Å². The van der Waals surface area contributed by atoms with E-state index in [-0.39, 0.29) is 24.1 Å². The van der Waals surface area contributed by atoms with Crippen LogP contribution in [0.3, 0.4) is 0 Å². The van der Waals surface area contributed by atoms with E-state index < -0.39 is 0 Å². The van der Waals surface area contributed by atoms with Gasteiger partial charge in [-0.25, -0.2) is 9.67 Å². The minimum absolute atomic E-state index is 0.00140. The van der Waals surface area contributed by atoms with Crippen LogP contribution in [0.2, 0.25) is 0 Å². The summed E-state index contributed by atoms with van der Waals surface area (Å²) in [7, 11) is 0. The van der Waals surface area contributed by atoms with Crippen molar-refractivity contribution in [1.82, 2.24) is 20.1 Å². The Hall–Kier alpha value is -1.95. The smallest absolute Gasteiger partial charge is 0.253 e. The van der Waals surface area contributed by atoms with E-state index in [1.807, 2.05) is 24.6 Å². The zero-order chi connectivity index (χ0) is 16.6. The highest BCUT2D eigenvalue weighted by molar-refractivity contribution is 5.98. The molecule has 2 aromatic rings. The molecule has 6 nitrogen and oxygen atoms in total. The maximum absolute atomic E-state index is 12.6. The predicted molar refractivity (Wildman–Crippen MR) is 88.6 cm³/mol. The fraction of sp³-hybridized carbons (Fsp3) is 0.588. The van der Waals surface area contributed by atoms with Crippen LogP contribution in [0.4, 0.5) is 0 Å². The fourth-order valence-corrected chi connectivity index (χ4v) is 3.05. The Kier molecular flexibility index (Phi) is 4.35. The molecule has 0 unspecified atom stereocenters. The first-order chi connectivity index (χ1) is 11.0. The van der Waals surface area contributed by atoms with Gasteiger partial charge in [-0.05, 0) is 46.6 Å². The average molecular weight is 316 g/mol. The Balaban J connectivity index is 1.84. The van der Waals surface area contributed by atoms with Crippen LogP contribution in [0.15, 0.2) is 12.3 Å². The van der Waals surface area contributed by atoms with Gasteiger partial charge in [-0.1, -0.05) is 0 Å². The maximum Gasteiger partial charge on any atom is 0.253 e. The monoisotopic (exact) mass is 316 g/mol. The molecule has 0 aliphatic carbocycles. The van der Waals surface area contributed by atoms with E-state index in [1.54, 1.807) is 6.20 Å².